The van der Waals surface area contributed by atoms with Crippen LogP contribution in [0.3, 0.4) is 0 Å². The molecule has 0 saturated carbocycles. The molecule has 8 nitrogen and oxygen atoms in total. The highest BCUT2D eigenvalue weighted by Crippen LogP contribution is 2.26. The van der Waals surface area contributed by atoms with Crippen LogP contribution in [0.1, 0.15) is 13.3 Å². The van der Waals surface area contributed by atoms with Crippen LogP contribution in [0, 0.1) is 0 Å². The minimum absolute atomic E-state index is 0.305. The standard InChI is InChI=1S/C16H16N4O4S/c1-2-9-23-12-6-3-4-7-13(12)24-15(21)11-19-16(22)20(18-17-19)14-8-5-10-25-14/h3-8,10H,2,9,11H2,1H3. The molecule has 25 heavy (non-hydrogen) atoms. The third-order valence-electron chi connectivity index (χ3n) is 3.17. The highest BCUT2D eigenvalue weighted by Gasteiger charge is 2.15. The molecule has 0 atom stereocenters. The number of benzene rings is 1. The topological polar surface area (TPSA) is 88.2 Å². The number of nitrogens with zero attached hydrogens (tertiary/aromatic N) is 4. The van der Waals surface area contributed by atoms with Gasteiger partial charge in [-0.05, 0) is 46.5 Å². The second-order valence-corrected chi connectivity index (χ2v) is 5.98. The molecule has 0 aliphatic carbocycles. The van der Waals surface area contributed by atoms with Gasteiger partial charge in [0.25, 0.3) is 0 Å². The zero-order chi connectivity index (χ0) is 17.6. The Morgan fingerprint density at radius 2 is 1.96 bits per heavy atom. The summed E-state index contributed by atoms with van der Waals surface area (Å²) in [5.74, 6) is 0.153. The van der Waals surface area contributed by atoms with Crippen LogP contribution < -0.4 is 15.2 Å². The van der Waals surface area contributed by atoms with Gasteiger partial charge >= 0.3 is 11.7 Å². The molecule has 3 aromatic rings. The molecule has 0 amide bonds. The highest BCUT2D eigenvalue weighted by atomic mass is 32.1. The van der Waals surface area contributed by atoms with Gasteiger partial charge < -0.3 is 9.47 Å². The first-order valence-electron chi connectivity index (χ1n) is 7.68. The summed E-state index contributed by atoms with van der Waals surface area (Å²) in [7, 11) is 0. The van der Waals surface area contributed by atoms with Gasteiger partial charge in [0.1, 0.15) is 11.5 Å². The molecular formula is C16H16N4O4S. The maximum absolute atomic E-state index is 12.2. The number of ether oxygens (including phenoxy) is 2. The van der Waals surface area contributed by atoms with E-state index in [0.717, 1.165) is 15.8 Å². The third-order valence-corrected chi connectivity index (χ3v) is 4.01. The van der Waals surface area contributed by atoms with E-state index in [2.05, 4.69) is 10.4 Å². The maximum Gasteiger partial charge on any atom is 0.369 e. The molecule has 0 fully saturated rings. The van der Waals surface area contributed by atoms with Crippen molar-refractivity contribution in [3.63, 3.8) is 0 Å². The lowest BCUT2D eigenvalue weighted by atomic mass is 10.3. The van der Waals surface area contributed by atoms with E-state index in [0.29, 0.717) is 23.1 Å². The van der Waals surface area contributed by atoms with Crippen molar-refractivity contribution in [1.82, 2.24) is 19.8 Å². The van der Waals surface area contributed by atoms with E-state index in [1.54, 1.807) is 36.4 Å². The lowest BCUT2D eigenvalue weighted by molar-refractivity contribution is -0.135. The Morgan fingerprint density at radius 1 is 1.16 bits per heavy atom. The van der Waals surface area contributed by atoms with Gasteiger partial charge in [-0.3, -0.25) is 0 Å². The first kappa shape index (κ1) is 16.9. The van der Waals surface area contributed by atoms with Crippen LogP contribution in [0.4, 0.5) is 0 Å². The number of para-hydroxylation sites is 2. The van der Waals surface area contributed by atoms with Gasteiger partial charge in [-0.15, -0.1) is 11.3 Å². The fourth-order valence-electron chi connectivity index (χ4n) is 2.05. The second kappa shape index (κ2) is 7.75. The molecule has 0 aliphatic rings. The quantitative estimate of drug-likeness (QED) is 0.472. The lowest BCUT2D eigenvalue weighted by Crippen LogP contribution is -2.28. The van der Waals surface area contributed by atoms with Gasteiger partial charge in [-0.25, -0.2) is 9.59 Å². The van der Waals surface area contributed by atoms with Gasteiger partial charge in [-0.2, -0.15) is 9.36 Å². The summed E-state index contributed by atoms with van der Waals surface area (Å²) < 4.78 is 12.9. The Labute approximate surface area is 147 Å². The molecule has 0 saturated heterocycles. The summed E-state index contributed by atoms with van der Waals surface area (Å²) in [5.41, 5.74) is -0.505. The SMILES string of the molecule is CCCOc1ccccc1OC(=O)Cn1nnn(-c2cccs2)c1=O. The van der Waals surface area contributed by atoms with Crippen LogP contribution in [-0.2, 0) is 11.3 Å². The molecule has 2 heterocycles. The van der Waals surface area contributed by atoms with Crippen molar-refractivity contribution >= 4 is 17.3 Å². The fraction of sp³-hybridized carbons (Fsp3) is 0.250. The van der Waals surface area contributed by atoms with Crippen LogP contribution in [0.25, 0.3) is 5.00 Å². The maximum atomic E-state index is 12.2. The third kappa shape index (κ3) is 3.94. The zero-order valence-electron chi connectivity index (χ0n) is 13.5. The normalized spacial score (nSPS) is 10.6. The molecule has 3 rings (SSSR count). The summed E-state index contributed by atoms with van der Waals surface area (Å²) in [5, 5.41) is 9.94. The largest absolute Gasteiger partial charge is 0.490 e. The van der Waals surface area contributed by atoms with Crippen LogP contribution in [0.15, 0.2) is 46.6 Å². The lowest BCUT2D eigenvalue weighted by Gasteiger charge is -2.10. The number of carbonyl (C=O) groups excluding carboxylic acids is 1. The van der Waals surface area contributed by atoms with Crippen LogP contribution >= 0.6 is 11.3 Å². The first-order valence-corrected chi connectivity index (χ1v) is 8.56. The number of hydrogen-bond acceptors (Lipinski definition) is 7. The summed E-state index contributed by atoms with van der Waals surface area (Å²) in [6.45, 7) is 2.16. The molecular weight excluding hydrogens is 344 g/mol. The van der Waals surface area contributed by atoms with E-state index in [4.69, 9.17) is 9.47 Å². The monoisotopic (exact) mass is 360 g/mol. The van der Waals surface area contributed by atoms with Crippen LogP contribution in [0.2, 0.25) is 0 Å². The predicted octanol–water partition coefficient (Wildman–Crippen LogP) is 1.88. The van der Waals surface area contributed by atoms with E-state index < -0.39 is 11.7 Å². The van der Waals surface area contributed by atoms with Crippen molar-refractivity contribution in [2.24, 2.45) is 0 Å². The number of hydrogen-bond donors (Lipinski definition) is 0. The molecule has 0 bridgehead atoms. The molecule has 0 unspecified atom stereocenters. The Balaban J connectivity index is 1.71. The number of carbonyl (C=O) groups is 1. The Kier molecular flexibility index (Phi) is 5.24. The van der Waals surface area contributed by atoms with E-state index in [1.165, 1.54) is 11.3 Å². The predicted molar refractivity (Wildman–Crippen MR) is 91.4 cm³/mol. The number of thiophene rings is 1. The van der Waals surface area contributed by atoms with Crippen LogP contribution in [-0.4, -0.2) is 32.4 Å². The summed E-state index contributed by atoms with van der Waals surface area (Å²) in [6.07, 6.45) is 0.837. The van der Waals surface area contributed by atoms with Gasteiger partial charge in [0, 0.05) is 0 Å². The summed E-state index contributed by atoms with van der Waals surface area (Å²) >= 11 is 1.35. The molecule has 0 radical (unpaired) electrons. The smallest absolute Gasteiger partial charge is 0.369 e. The molecule has 9 heteroatoms. The van der Waals surface area contributed by atoms with Crippen molar-refractivity contribution in [3.05, 3.63) is 52.3 Å². The Hall–Kier alpha value is -2.94. The minimum Gasteiger partial charge on any atom is -0.490 e. The number of rotatable bonds is 7. The van der Waals surface area contributed by atoms with E-state index in [-0.39, 0.29) is 6.54 Å². The molecule has 1 aromatic carbocycles. The number of tetrazole rings is 1. The molecule has 2 aromatic heterocycles. The molecule has 0 aliphatic heterocycles. The Morgan fingerprint density at radius 3 is 2.68 bits per heavy atom. The van der Waals surface area contributed by atoms with Crippen molar-refractivity contribution in [2.45, 2.75) is 19.9 Å². The number of esters is 1. The van der Waals surface area contributed by atoms with Crippen molar-refractivity contribution in [2.75, 3.05) is 6.61 Å². The van der Waals surface area contributed by atoms with Gasteiger partial charge in [0.15, 0.2) is 11.5 Å². The zero-order valence-corrected chi connectivity index (χ0v) is 14.3. The number of aromatic nitrogens is 4. The van der Waals surface area contributed by atoms with Crippen molar-refractivity contribution in [1.29, 1.82) is 0 Å². The average molecular weight is 360 g/mol. The van der Waals surface area contributed by atoms with Gasteiger partial charge in [0.05, 0.1) is 6.61 Å². The second-order valence-electron chi connectivity index (χ2n) is 5.05. The summed E-state index contributed by atoms with van der Waals surface area (Å²) in [6, 6.07) is 10.4. The summed E-state index contributed by atoms with van der Waals surface area (Å²) in [4.78, 5) is 24.4. The molecule has 130 valence electrons. The van der Waals surface area contributed by atoms with E-state index in [1.807, 2.05) is 12.3 Å². The highest BCUT2D eigenvalue weighted by molar-refractivity contribution is 7.12. The van der Waals surface area contributed by atoms with Crippen molar-refractivity contribution in [3.8, 4) is 16.5 Å². The van der Waals surface area contributed by atoms with E-state index >= 15 is 0 Å². The molecule has 0 spiro atoms. The molecule has 0 N–H and O–H groups in total. The van der Waals surface area contributed by atoms with Crippen LogP contribution in [0.5, 0.6) is 11.5 Å². The first-order chi connectivity index (χ1) is 12.2. The fourth-order valence-corrected chi connectivity index (χ4v) is 2.71. The Bertz CT molecular complexity index is 901. The minimum atomic E-state index is -0.632. The average Bonchev–Trinajstić information content (AvgIpc) is 3.25. The van der Waals surface area contributed by atoms with Gasteiger partial charge in [0.2, 0.25) is 0 Å². The van der Waals surface area contributed by atoms with Crippen molar-refractivity contribution < 1.29 is 14.3 Å². The van der Waals surface area contributed by atoms with Gasteiger partial charge in [-0.1, -0.05) is 19.1 Å². The van der Waals surface area contributed by atoms with E-state index in [9.17, 15) is 9.59 Å².